The van der Waals surface area contributed by atoms with Gasteiger partial charge in [-0.1, -0.05) is 158 Å². The number of aromatic nitrogens is 1. The molecule has 0 amide bonds. The van der Waals surface area contributed by atoms with Gasteiger partial charge in [0.2, 0.25) is 0 Å². The molecule has 1 aliphatic heterocycles. The fraction of sp³-hybridized carbons (Fsp3) is 0.0149. The molecule has 0 fully saturated rings. The molecular formula is C67H40N4S3. The Labute approximate surface area is 437 Å². The minimum Gasteiger partial charge on any atom is -0.344 e. The van der Waals surface area contributed by atoms with E-state index in [1.165, 1.54) is 93.2 Å². The van der Waals surface area contributed by atoms with Crippen LogP contribution in [0.4, 0.5) is 0 Å². The Morgan fingerprint density at radius 1 is 0.365 bits per heavy atom. The number of benzene rings is 11. The van der Waals surface area contributed by atoms with Crippen molar-refractivity contribution in [2.75, 3.05) is 0 Å². The Kier molecular flexibility index (Phi) is 9.28. The first-order chi connectivity index (χ1) is 36.7. The van der Waals surface area contributed by atoms with Crippen LogP contribution in [-0.4, -0.2) is 16.2 Å². The lowest BCUT2D eigenvalue weighted by Crippen LogP contribution is -2.34. The number of nitrogens with one attached hydrogen (secondary N) is 1. The number of amidine groups is 2. The van der Waals surface area contributed by atoms with Gasteiger partial charge in [-0.05, 0) is 106 Å². The van der Waals surface area contributed by atoms with E-state index in [9.17, 15) is 0 Å². The van der Waals surface area contributed by atoms with E-state index in [4.69, 9.17) is 9.98 Å². The summed E-state index contributed by atoms with van der Waals surface area (Å²) in [5.74, 6) is 1.50. The fourth-order valence-corrected chi connectivity index (χ4v) is 15.2. The smallest absolute Gasteiger partial charge is 0.160 e. The maximum atomic E-state index is 5.77. The van der Waals surface area contributed by atoms with Crippen molar-refractivity contribution in [2.45, 2.75) is 6.17 Å². The molecule has 16 rings (SSSR count). The van der Waals surface area contributed by atoms with Crippen molar-refractivity contribution in [3.63, 3.8) is 0 Å². The van der Waals surface area contributed by atoms with Crippen LogP contribution >= 0.6 is 34.0 Å². The second kappa shape index (κ2) is 16.4. The zero-order valence-electron chi connectivity index (χ0n) is 39.6. The highest BCUT2D eigenvalue weighted by atomic mass is 32.1. The van der Waals surface area contributed by atoms with Gasteiger partial charge in [0.25, 0.3) is 0 Å². The predicted molar refractivity (Wildman–Crippen MR) is 320 cm³/mol. The van der Waals surface area contributed by atoms with E-state index in [-0.39, 0.29) is 0 Å². The molecule has 0 saturated carbocycles. The monoisotopic (exact) mass is 996 g/mol. The zero-order valence-corrected chi connectivity index (χ0v) is 42.0. The van der Waals surface area contributed by atoms with Gasteiger partial charge in [-0.2, -0.15) is 0 Å². The van der Waals surface area contributed by atoms with Gasteiger partial charge >= 0.3 is 0 Å². The molecule has 4 aromatic heterocycles. The highest BCUT2D eigenvalue weighted by molar-refractivity contribution is 7.26. The van der Waals surface area contributed by atoms with E-state index in [1.807, 2.05) is 34.0 Å². The number of hydrogen-bond donors (Lipinski definition) is 1. The number of thiophene rings is 3. The Hall–Kier alpha value is -8.72. The summed E-state index contributed by atoms with van der Waals surface area (Å²) in [6.45, 7) is 0. The van der Waals surface area contributed by atoms with Gasteiger partial charge in [-0.15, -0.1) is 34.0 Å². The third kappa shape index (κ3) is 6.37. The van der Waals surface area contributed by atoms with Crippen LogP contribution in [0.15, 0.2) is 241 Å². The van der Waals surface area contributed by atoms with Gasteiger partial charge in [-0.25, -0.2) is 9.98 Å². The number of hydrogen-bond acceptors (Lipinski definition) is 6. The average Bonchev–Trinajstić information content (AvgIpc) is 4.24. The lowest BCUT2D eigenvalue weighted by Gasteiger charge is -2.26. The summed E-state index contributed by atoms with van der Waals surface area (Å²) >= 11 is 5.51. The number of nitrogens with zero attached hydrogens (tertiary/aromatic N) is 3. The second-order valence-electron chi connectivity index (χ2n) is 19.2. The molecule has 0 radical (unpaired) electrons. The summed E-state index contributed by atoms with van der Waals surface area (Å²) in [5, 5.41) is 16.2. The summed E-state index contributed by atoms with van der Waals surface area (Å²) in [6.07, 6.45) is -0.438. The third-order valence-corrected chi connectivity index (χ3v) is 18.5. The Morgan fingerprint density at radius 2 is 0.919 bits per heavy atom. The predicted octanol–water partition coefficient (Wildman–Crippen LogP) is 18.9. The van der Waals surface area contributed by atoms with E-state index < -0.39 is 6.17 Å². The zero-order chi connectivity index (χ0) is 48.4. The molecule has 1 N–H and O–H groups in total. The molecule has 0 bridgehead atoms. The van der Waals surface area contributed by atoms with E-state index in [2.05, 4.69) is 240 Å². The van der Waals surface area contributed by atoms with Crippen LogP contribution in [0, 0.1) is 0 Å². The molecule has 74 heavy (non-hydrogen) atoms. The van der Waals surface area contributed by atoms with Gasteiger partial charge in [0.1, 0.15) is 12.0 Å². The minimum absolute atomic E-state index is 0.438. The van der Waals surface area contributed by atoms with Gasteiger partial charge < -0.3 is 9.88 Å². The summed E-state index contributed by atoms with van der Waals surface area (Å²) in [4.78, 5) is 11.5. The average molecular weight is 997 g/mol. The van der Waals surface area contributed by atoms with E-state index in [1.54, 1.807) is 0 Å². The van der Waals surface area contributed by atoms with Gasteiger partial charge in [0.15, 0.2) is 5.84 Å². The van der Waals surface area contributed by atoms with Crippen LogP contribution in [-0.2, 0) is 0 Å². The molecule has 0 aliphatic carbocycles. The molecule has 4 nitrogen and oxygen atoms in total. The van der Waals surface area contributed by atoms with Crippen LogP contribution in [0.2, 0.25) is 0 Å². The standard InChI is InChI=1S/C67H40N4S3/c1-2-16-39(17-3-1)43-23-12-27-53-61(43)52-36-40-18-4-5-19-41(40)37-54(52)71(53)42-34-35-45(51(38-42)44-24-13-31-58-62(44)46-20-6-9-28-55(46)72-58)65-68-66(49-25-14-32-59-63(49)47-21-7-10-29-56(47)73-59)70-67(69-65)50-26-15-33-60-64(50)48-22-8-11-30-57(48)74-60/h1-38,66H,(H,68,69,70). The van der Waals surface area contributed by atoms with Crippen LogP contribution in [0.25, 0.3) is 121 Å². The highest BCUT2D eigenvalue weighted by Gasteiger charge is 2.28. The molecule has 0 spiro atoms. The molecule has 1 atom stereocenters. The van der Waals surface area contributed by atoms with Crippen molar-refractivity contribution in [3.8, 4) is 27.9 Å². The molecule has 1 unspecified atom stereocenters. The molecule has 15 aromatic rings. The van der Waals surface area contributed by atoms with Gasteiger partial charge in [0, 0.05) is 93.7 Å². The topological polar surface area (TPSA) is 41.7 Å². The minimum atomic E-state index is -0.438. The van der Waals surface area contributed by atoms with Crippen LogP contribution < -0.4 is 5.32 Å². The van der Waals surface area contributed by atoms with Crippen molar-refractivity contribution < 1.29 is 0 Å². The van der Waals surface area contributed by atoms with Crippen molar-refractivity contribution in [1.82, 2.24) is 9.88 Å². The Balaban J connectivity index is 1.000. The third-order valence-electron chi connectivity index (χ3n) is 15.1. The number of fused-ring (bicyclic) bond motifs is 13. The normalized spacial score (nSPS) is 14.1. The SMILES string of the molecule is c1ccc(-c2cccc3c2c2cc4ccccc4cc2n3-c2ccc(C3=NC(c4cccc5sc6ccccc6c45)NC(c4cccc5sc6ccccc6c45)=N3)c(-c3cccc4sc5ccccc5c34)c2)cc1. The fourth-order valence-electron chi connectivity index (χ4n) is 11.8. The molecule has 346 valence electrons. The van der Waals surface area contributed by atoms with Crippen LogP contribution in [0.5, 0.6) is 0 Å². The van der Waals surface area contributed by atoms with Crippen molar-refractivity contribution in [1.29, 1.82) is 0 Å². The Morgan fingerprint density at radius 3 is 1.64 bits per heavy atom. The lowest BCUT2D eigenvalue weighted by molar-refractivity contribution is 0.680. The lowest BCUT2D eigenvalue weighted by atomic mass is 9.93. The quantitative estimate of drug-likeness (QED) is 0.177. The number of aliphatic imine (C=N–C) groups is 2. The van der Waals surface area contributed by atoms with E-state index in [0.717, 1.165) is 50.4 Å². The van der Waals surface area contributed by atoms with E-state index in [0.29, 0.717) is 5.84 Å². The van der Waals surface area contributed by atoms with Crippen molar-refractivity contribution in [3.05, 3.63) is 247 Å². The maximum absolute atomic E-state index is 5.77. The van der Waals surface area contributed by atoms with E-state index >= 15 is 0 Å². The maximum Gasteiger partial charge on any atom is 0.160 e. The molecule has 0 saturated heterocycles. The van der Waals surface area contributed by atoms with Crippen LogP contribution in [0.1, 0.15) is 22.9 Å². The first-order valence-corrected chi connectivity index (χ1v) is 27.4. The van der Waals surface area contributed by atoms with Crippen molar-refractivity contribution >= 4 is 139 Å². The molecule has 7 heteroatoms. The first kappa shape index (κ1) is 41.9. The molecular weight excluding hydrogens is 957 g/mol. The summed E-state index contributed by atoms with van der Waals surface area (Å²) in [6, 6.07) is 84.5. The second-order valence-corrected chi connectivity index (χ2v) is 22.4. The highest BCUT2D eigenvalue weighted by Crippen LogP contribution is 2.46. The van der Waals surface area contributed by atoms with Crippen molar-refractivity contribution in [2.24, 2.45) is 9.98 Å². The first-order valence-electron chi connectivity index (χ1n) is 25.0. The van der Waals surface area contributed by atoms with Crippen LogP contribution in [0.3, 0.4) is 0 Å². The molecule has 11 aromatic carbocycles. The molecule has 5 heterocycles. The Bertz CT molecular complexity index is 4890. The van der Waals surface area contributed by atoms with Gasteiger partial charge in [0.05, 0.1) is 11.0 Å². The number of rotatable bonds is 6. The summed E-state index contributed by atoms with van der Waals surface area (Å²) < 4.78 is 9.99. The summed E-state index contributed by atoms with van der Waals surface area (Å²) in [5.41, 5.74) is 11.2. The van der Waals surface area contributed by atoms with Gasteiger partial charge in [-0.3, -0.25) is 0 Å². The summed E-state index contributed by atoms with van der Waals surface area (Å²) in [7, 11) is 0. The largest absolute Gasteiger partial charge is 0.344 e. The molecule has 1 aliphatic rings.